The Balaban J connectivity index is 2.43. The van der Waals surface area contributed by atoms with E-state index in [1.807, 2.05) is 13.0 Å². The van der Waals surface area contributed by atoms with E-state index in [1.165, 1.54) is 0 Å². The minimum atomic E-state index is -0.185. The van der Waals surface area contributed by atoms with Crippen molar-refractivity contribution in [1.29, 1.82) is 0 Å². The molecular weight excluding hydrogens is 156 g/mol. The third kappa shape index (κ3) is 2.02. The van der Waals surface area contributed by atoms with E-state index in [0.717, 1.165) is 11.3 Å². The van der Waals surface area contributed by atoms with Gasteiger partial charge in [-0.3, -0.25) is 0 Å². The van der Waals surface area contributed by atoms with Crippen molar-refractivity contribution in [1.82, 2.24) is 10.6 Å². The van der Waals surface area contributed by atoms with Gasteiger partial charge in [-0.05, 0) is 13.0 Å². The average molecular weight is 168 g/mol. The molecule has 0 aliphatic carbocycles. The molecule has 4 nitrogen and oxygen atoms in total. The summed E-state index contributed by atoms with van der Waals surface area (Å²) in [5.74, 6) is 0.839. The van der Waals surface area contributed by atoms with E-state index in [-0.39, 0.29) is 6.03 Å². The third-order valence-electron chi connectivity index (χ3n) is 1.63. The van der Waals surface area contributed by atoms with Crippen LogP contribution in [0.15, 0.2) is 16.7 Å². The zero-order chi connectivity index (χ0) is 8.97. The third-order valence-corrected chi connectivity index (χ3v) is 1.63. The van der Waals surface area contributed by atoms with E-state index in [2.05, 4.69) is 10.6 Å². The first-order chi connectivity index (χ1) is 5.74. The molecule has 1 rings (SSSR count). The Morgan fingerprint density at radius 1 is 1.67 bits per heavy atom. The highest BCUT2D eigenvalue weighted by Gasteiger charge is 2.01. The van der Waals surface area contributed by atoms with Gasteiger partial charge in [-0.1, -0.05) is 0 Å². The van der Waals surface area contributed by atoms with E-state index < -0.39 is 0 Å². The maximum Gasteiger partial charge on any atom is 0.314 e. The molecule has 1 heterocycles. The first-order valence-corrected chi connectivity index (χ1v) is 3.72. The van der Waals surface area contributed by atoms with Gasteiger partial charge in [0, 0.05) is 19.2 Å². The fraction of sp³-hybridized carbons (Fsp3) is 0.375. The highest BCUT2D eigenvalue weighted by atomic mass is 16.3. The van der Waals surface area contributed by atoms with Crippen molar-refractivity contribution in [3.63, 3.8) is 0 Å². The van der Waals surface area contributed by atoms with Gasteiger partial charge in [0.15, 0.2) is 0 Å². The molecule has 1 aromatic rings. The van der Waals surface area contributed by atoms with E-state index >= 15 is 0 Å². The van der Waals surface area contributed by atoms with Crippen LogP contribution in [0.3, 0.4) is 0 Å². The lowest BCUT2D eigenvalue weighted by molar-refractivity contribution is 0.242. The number of urea groups is 1. The quantitative estimate of drug-likeness (QED) is 0.692. The van der Waals surface area contributed by atoms with Gasteiger partial charge in [0.2, 0.25) is 0 Å². The van der Waals surface area contributed by atoms with Gasteiger partial charge in [-0.2, -0.15) is 0 Å². The van der Waals surface area contributed by atoms with Crippen LogP contribution in [-0.4, -0.2) is 13.1 Å². The molecule has 0 spiro atoms. The first kappa shape index (κ1) is 8.64. The maximum atomic E-state index is 10.8. The van der Waals surface area contributed by atoms with E-state index in [0.29, 0.717) is 6.54 Å². The smallest absolute Gasteiger partial charge is 0.314 e. The zero-order valence-electron chi connectivity index (χ0n) is 7.18. The summed E-state index contributed by atoms with van der Waals surface area (Å²) in [5.41, 5.74) is 0.999. The number of rotatable bonds is 2. The molecule has 4 heteroatoms. The molecule has 1 aromatic heterocycles. The number of hydrogen-bond donors (Lipinski definition) is 2. The van der Waals surface area contributed by atoms with Crippen molar-refractivity contribution in [3.8, 4) is 0 Å². The molecule has 0 fully saturated rings. The molecule has 0 aromatic carbocycles. The Bertz CT molecular complexity index is 268. The minimum absolute atomic E-state index is 0.185. The second kappa shape index (κ2) is 3.80. The predicted octanol–water partition coefficient (Wildman–Crippen LogP) is 1.02. The number of amides is 2. The summed E-state index contributed by atoms with van der Waals surface area (Å²) in [4.78, 5) is 10.8. The summed E-state index contributed by atoms with van der Waals surface area (Å²) in [6, 6.07) is 1.65. The van der Waals surface area contributed by atoms with Crippen LogP contribution in [0.4, 0.5) is 4.79 Å². The summed E-state index contributed by atoms with van der Waals surface area (Å²) in [5, 5.41) is 5.13. The molecule has 12 heavy (non-hydrogen) atoms. The fourth-order valence-electron chi connectivity index (χ4n) is 0.859. The van der Waals surface area contributed by atoms with Gasteiger partial charge in [-0.15, -0.1) is 0 Å². The molecule has 0 unspecified atom stereocenters. The van der Waals surface area contributed by atoms with E-state index in [9.17, 15) is 4.79 Å². The van der Waals surface area contributed by atoms with Crippen molar-refractivity contribution < 1.29 is 9.21 Å². The SMILES string of the molecule is CNC(=O)NCc1ccoc1C. The number of carbonyl (C=O) groups is 1. The van der Waals surface area contributed by atoms with Crippen molar-refractivity contribution in [3.05, 3.63) is 23.7 Å². The van der Waals surface area contributed by atoms with Crippen LogP contribution in [0.5, 0.6) is 0 Å². The largest absolute Gasteiger partial charge is 0.469 e. The molecule has 0 saturated carbocycles. The molecule has 0 aliphatic rings. The number of aryl methyl sites for hydroxylation is 1. The predicted molar refractivity (Wildman–Crippen MR) is 44.7 cm³/mol. The Labute approximate surface area is 70.9 Å². The van der Waals surface area contributed by atoms with Crippen LogP contribution in [0.25, 0.3) is 0 Å². The summed E-state index contributed by atoms with van der Waals surface area (Å²) < 4.78 is 5.06. The van der Waals surface area contributed by atoms with Gasteiger partial charge >= 0.3 is 6.03 Å². The second-order valence-electron chi connectivity index (χ2n) is 2.43. The monoisotopic (exact) mass is 168 g/mol. The Morgan fingerprint density at radius 3 is 2.92 bits per heavy atom. The standard InChI is InChI=1S/C8H12N2O2/c1-6-7(3-4-12-6)5-10-8(11)9-2/h3-4H,5H2,1-2H3,(H2,9,10,11). The summed E-state index contributed by atoms with van der Waals surface area (Å²) in [6.45, 7) is 2.36. The molecule has 0 bridgehead atoms. The molecule has 0 saturated heterocycles. The summed E-state index contributed by atoms with van der Waals surface area (Å²) in [7, 11) is 1.58. The van der Waals surface area contributed by atoms with E-state index in [1.54, 1.807) is 13.3 Å². The van der Waals surface area contributed by atoms with Crippen molar-refractivity contribution in [2.24, 2.45) is 0 Å². The van der Waals surface area contributed by atoms with Gasteiger partial charge in [0.05, 0.1) is 6.26 Å². The maximum absolute atomic E-state index is 10.8. The molecule has 66 valence electrons. The highest BCUT2D eigenvalue weighted by molar-refractivity contribution is 5.73. The lowest BCUT2D eigenvalue weighted by Gasteiger charge is -2.01. The number of hydrogen-bond acceptors (Lipinski definition) is 2. The van der Waals surface area contributed by atoms with Gasteiger partial charge < -0.3 is 15.1 Å². The van der Waals surface area contributed by atoms with Crippen LogP contribution < -0.4 is 10.6 Å². The van der Waals surface area contributed by atoms with Crippen LogP contribution >= 0.6 is 0 Å². The van der Waals surface area contributed by atoms with Gasteiger partial charge in [0.1, 0.15) is 5.76 Å². The molecule has 2 amide bonds. The Hall–Kier alpha value is -1.45. The number of nitrogens with one attached hydrogen (secondary N) is 2. The van der Waals surface area contributed by atoms with Gasteiger partial charge in [0.25, 0.3) is 0 Å². The van der Waals surface area contributed by atoms with Crippen molar-refractivity contribution in [2.45, 2.75) is 13.5 Å². The zero-order valence-corrected chi connectivity index (χ0v) is 7.18. The van der Waals surface area contributed by atoms with Gasteiger partial charge in [-0.25, -0.2) is 4.79 Å². The van der Waals surface area contributed by atoms with Crippen LogP contribution in [-0.2, 0) is 6.54 Å². The molecule has 0 atom stereocenters. The molecule has 2 N–H and O–H groups in total. The number of carbonyl (C=O) groups excluding carboxylic acids is 1. The Kier molecular flexibility index (Phi) is 2.74. The minimum Gasteiger partial charge on any atom is -0.469 e. The topological polar surface area (TPSA) is 54.3 Å². The van der Waals surface area contributed by atoms with Crippen LogP contribution in [0, 0.1) is 6.92 Å². The van der Waals surface area contributed by atoms with Crippen LogP contribution in [0.2, 0.25) is 0 Å². The van der Waals surface area contributed by atoms with Crippen molar-refractivity contribution >= 4 is 6.03 Å². The van der Waals surface area contributed by atoms with Crippen LogP contribution in [0.1, 0.15) is 11.3 Å². The van der Waals surface area contributed by atoms with E-state index in [4.69, 9.17) is 4.42 Å². The average Bonchev–Trinajstić information content (AvgIpc) is 2.47. The second-order valence-corrected chi connectivity index (χ2v) is 2.43. The summed E-state index contributed by atoms with van der Waals surface area (Å²) in [6.07, 6.45) is 1.61. The normalized spacial score (nSPS) is 9.50. The highest BCUT2D eigenvalue weighted by Crippen LogP contribution is 2.07. The molecule has 0 aliphatic heterocycles. The lowest BCUT2D eigenvalue weighted by atomic mass is 10.2. The first-order valence-electron chi connectivity index (χ1n) is 3.72. The lowest BCUT2D eigenvalue weighted by Crippen LogP contribution is -2.32. The molecule has 0 radical (unpaired) electrons. The summed E-state index contributed by atoms with van der Waals surface area (Å²) >= 11 is 0. The van der Waals surface area contributed by atoms with Crippen molar-refractivity contribution in [2.75, 3.05) is 7.05 Å². The molecular formula is C8H12N2O2. The fourth-order valence-corrected chi connectivity index (χ4v) is 0.859. The Morgan fingerprint density at radius 2 is 2.42 bits per heavy atom. The number of furan rings is 1.